The Bertz CT molecular complexity index is 929. The van der Waals surface area contributed by atoms with Crippen LogP contribution in [0.3, 0.4) is 0 Å². The number of rotatable bonds is 3. The van der Waals surface area contributed by atoms with E-state index in [-0.39, 0.29) is 11.4 Å². The first-order valence-corrected chi connectivity index (χ1v) is 8.14. The number of fused-ring (bicyclic) bond motifs is 1. The van der Waals surface area contributed by atoms with Crippen molar-refractivity contribution in [1.82, 2.24) is 0 Å². The molecule has 0 amide bonds. The maximum absolute atomic E-state index is 11.7. The van der Waals surface area contributed by atoms with Crippen LogP contribution < -0.4 is 4.74 Å². The van der Waals surface area contributed by atoms with Gasteiger partial charge in [-0.3, -0.25) is 0 Å². The number of carbonyl (C=O) groups is 1. The smallest absolute Gasteiger partial charge is 0.337 e. The van der Waals surface area contributed by atoms with Crippen LogP contribution in [0.15, 0.2) is 46.9 Å². The van der Waals surface area contributed by atoms with Crippen molar-refractivity contribution in [2.75, 3.05) is 14.2 Å². The van der Waals surface area contributed by atoms with Crippen LogP contribution in [0.1, 0.15) is 36.7 Å². The fraction of sp³-hybridized carbons (Fsp3) is 0.286. The molecule has 0 spiro atoms. The molecule has 25 heavy (non-hydrogen) atoms. The van der Waals surface area contributed by atoms with E-state index in [1.165, 1.54) is 7.11 Å². The molecule has 0 unspecified atom stereocenters. The highest BCUT2D eigenvalue weighted by Crippen LogP contribution is 2.36. The van der Waals surface area contributed by atoms with Crippen molar-refractivity contribution in [3.8, 4) is 17.1 Å². The van der Waals surface area contributed by atoms with Crippen LogP contribution in [-0.2, 0) is 10.2 Å². The Balaban J connectivity index is 2.09. The van der Waals surface area contributed by atoms with E-state index in [2.05, 4.69) is 26.8 Å². The van der Waals surface area contributed by atoms with Gasteiger partial charge in [0.25, 0.3) is 0 Å². The number of ether oxygens (including phenoxy) is 2. The number of esters is 1. The summed E-state index contributed by atoms with van der Waals surface area (Å²) in [5.74, 6) is 1.24. The fourth-order valence-corrected chi connectivity index (χ4v) is 2.87. The first kappa shape index (κ1) is 17.1. The van der Waals surface area contributed by atoms with Gasteiger partial charge in [0, 0.05) is 16.5 Å². The van der Waals surface area contributed by atoms with Gasteiger partial charge in [0.05, 0.1) is 19.8 Å². The molecule has 0 aliphatic heterocycles. The van der Waals surface area contributed by atoms with E-state index in [0.29, 0.717) is 11.1 Å². The van der Waals surface area contributed by atoms with E-state index in [4.69, 9.17) is 13.9 Å². The molecule has 0 atom stereocenters. The second-order valence-corrected chi connectivity index (χ2v) is 7.02. The van der Waals surface area contributed by atoms with Gasteiger partial charge in [0.2, 0.25) is 0 Å². The molecule has 0 aliphatic rings. The number of hydrogen-bond donors (Lipinski definition) is 0. The predicted molar refractivity (Wildman–Crippen MR) is 98.2 cm³/mol. The minimum absolute atomic E-state index is 0.0502. The van der Waals surface area contributed by atoms with Gasteiger partial charge in [0.15, 0.2) is 0 Å². The van der Waals surface area contributed by atoms with E-state index in [1.807, 2.05) is 24.3 Å². The van der Waals surface area contributed by atoms with Crippen molar-refractivity contribution in [2.24, 2.45) is 0 Å². The highest BCUT2D eigenvalue weighted by atomic mass is 16.5. The topological polar surface area (TPSA) is 48.7 Å². The molecule has 1 aromatic heterocycles. The lowest BCUT2D eigenvalue weighted by Crippen LogP contribution is -2.12. The SMILES string of the molecule is COC(=O)c1ccc2cc(-c3ccc(OC)c(C(C)(C)C)c3)oc2c1. The molecule has 1 heterocycles. The van der Waals surface area contributed by atoms with Crippen molar-refractivity contribution in [2.45, 2.75) is 26.2 Å². The Kier molecular flexibility index (Phi) is 4.29. The van der Waals surface area contributed by atoms with Gasteiger partial charge < -0.3 is 13.9 Å². The summed E-state index contributed by atoms with van der Waals surface area (Å²) >= 11 is 0. The van der Waals surface area contributed by atoms with Crippen LogP contribution in [0, 0.1) is 0 Å². The summed E-state index contributed by atoms with van der Waals surface area (Å²) in [5, 5.41) is 0.941. The van der Waals surface area contributed by atoms with E-state index >= 15 is 0 Å². The highest BCUT2D eigenvalue weighted by molar-refractivity contribution is 5.94. The number of carbonyl (C=O) groups excluding carboxylic acids is 1. The van der Waals surface area contributed by atoms with Gasteiger partial charge in [-0.15, -0.1) is 0 Å². The quantitative estimate of drug-likeness (QED) is 0.616. The van der Waals surface area contributed by atoms with E-state index < -0.39 is 0 Å². The van der Waals surface area contributed by atoms with Crippen molar-refractivity contribution < 1.29 is 18.7 Å². The van der Waals surface area contributed by atoms with Crippen LogP contribution in [0.2, 0.25) is 0 Å². The van der Waals surface area contributed by atoms with Gasteiger partial charge in [-0.05, 0) is 41.8 Å². The normalized spacial score (nSPS) is 11.6. The van der Waals surface area contributed by atoms with Crippen LogP contribution in [0.25, 0.3) is 22.3 Å². The third kappa shape index (κ3) is 3.25. The summed E-state index contributed by atoms with van der Waals surface area (Å²) in [5.41, 5.74) is 3.17. The Hall–Kier alpha value is -2.75. The maximum Gasteiger partial charge on any atom is 0.337 e. The first-order chi connectivity index (χ1) is 11.8. The molecular weight excluding hydrogens is 316 g/mol. The molecule has 0 radical (unpaired) electrons. The van der Waals surface area contributed by atoms with Crippen molar-refractivity contribution >= 4 is 16.9 Å². The van der Waals surface area contributed by atoms with Crippen LogP contribution in [0.4, 0.5) is 0 Å². The zero-order valence-electron chi connectivity index (χ0n) is 15.2. The van der Waals surface area contributed by atoms with E-state index in [1.54, 1.807) is 19.2 Å². The zero-order valence-corrected chi connectivity index (χ0v) is 15.2. The first-order valence-electron chi connectivity index (χ1n) is 8.14. The van der Waals surface area contributed by atoms with Gasteiger partial charge in [-0.25, -0.2) is 4.79 Å². The molecule has 0 saturated heterocycles. The monoisotopic (exact) mass is 338 g/mol. The third-order valence-electron chi connectivity index (χ3n) is 4.23. The third-order valence-corrected chi connectivity index (χ3v) is 4.23. The Morgan fingerprint density at radius 2 is 1.76 bits per heavy atom. The average Bonchev–Trinajstić information content (AvgIpc) is 3.02. The number of furan rings is 1. The molecule has 3 aromatic rings. The van der Waals surface area contributed by atoms with Crippen LogP contribution in [-0.4, -0.2) is 20.2 Å². The minimum atomic E-state index is -0.376. The molecule has 2 aromatic carbocycles. The molecule has 4 heteroatoms. The maximum atomic E-state index is 11.7. The summed E-state index contributed by atoms with van der Waals surface area (Å²) in [6.07, 6.45) is 0. The molecule has 130 valence electrons. The lowest BCUT2D eigenvalue weighted by atomic mass is 9.85. The molecule has 0 saturated carbocycles. The van der Waals surface area contributed by atoms with Crippen molar-refractivity contribution in [1.29, 1.82) is 0 Å². The summed E-state index contributed by atoms with van der Waals surface area (Å²) in [7, 11) is 3.05. The fourth-order valence-electron chi connectivity index (χ4n) is 2.87. The Morgan fingerprint density at radius 3 is 2.40 bits per heavy atom. The second-order valence-electron chi connectivity index (χ2n) is 7.02. The second kappa shape index (κ2) is 6.28. The summed E-state index contributed by atoms with van der Waals surface area (Å²) in [6.45, 7) is 6.45. The van der Waals surface area contributed by atoms with E-state index in [0.717, 1.165) is 28.0 Å². The highest BCUT2D eigenvalue weighted by Gasteiger charge is 2.20. The lowest BCUT2D eigenvalue weighted by Gasteiger charge is -2.22. The molecule has 4 nitrogen and oxygen atoms in total. The summed E-state index contributed by atoms with van der Waals surface area (Å²) < 4.78 is 16.2. The van der Waals surface area contributed by atoms with Crippen molar-refractivity contribution in [3.63, 3.8) is 0 Å². The van der Waals surface area contributed by atoms with Crippen LogP contribution >= 0.6 is 0 Å². The number of benzene rings is 2. The summed E-state index contributed by atoms with van der Waals surface area (Å²) in [6, 6.07) is 13.3. The van der Waals surface area contributed by atoms with Gasteiger partial charge in [-0.1, -0.05) is 26.8 Å². The number of methoxy groups -OCH3 is 2. The molecule has 0 N–H and O–H groups in total. The van der Waals surface area contributed by atoms with Gasteiger partial charge in [0.1, 0.15) is 17.1 Å². The molecule has 3 rings (SSSR count). The van der Waals surface area contributed by atoms with E-state index in [9.17, 15) is 4.79 Å². The predicted octanol–water partition coefficient (Wildman–Crippen LogP) is 5.19. The number of hydrogen-bond acceptors (Lipinski definition) is 4. The van der Waals surface area contributed by atoms with Gasteiger partial charge >= 0.3 is 5.97 Å². The Labute approximate surface area is 147 Å². The average molecular weight is 338 g/mol. The largest absolute Gasteiger partial charge is 0.496 e. The summed E-state index contributed by atoms with van der Waals surface area (Å²) in [4.78, 5) is 11.7. The molecule has 0 aliphatic carbocycles. The van der Waals surface area contributed by atoms with Gasteiger partial charge in [-0.2, -0.15) is 0 Å². The standard InChI is InChI=1S/C21H22O4/c1-21(2,3)16-10-13(8-9-17(16)23-4)18-11-14-6-7-15(20(22)24-5)12-19(14)25-18/h6-12H,1-5H3. The molecular formula is C21H22O4. The zero-order chi connectivity index (χ0) is 18.2. The minimum Gasteiger partial charge on any atom is -0.496 e. The molecule has 0 bridgehead atoms. The lowest BCUT2D eigenvalue weighted by molar-refractivity contribution is 0.0601. The Morgan fingerprint density at radius 1 is 1.00 bits per heavy atom. The van der Waals surface area contributed by atoms with Crippen molar-refractivity contribution in [3.05, 3.63) is 53.6 Å². The molecule has 0 fully saturated rings. The van der Waals surface area contributed by atoms with Crippen LogP contribution in [0.5, 0.6) is 5.75 Å².